The number of hydrogen-bond donors (Lipinski definition) is 2. The number of ether oxygens (including phenoxy) is 3. The summed E-state index contributed by atoms with van der Waals surface area (Å²) >= 11 is 1.28. The molecule has 1 aromatic heterocycles. The quantitative estimate of drug-likeness (QED) is 0.356. The second-order valence-corrected chi connectivity index (χ2v) is 8.96. The smallest absolute Gasteiger partial charge is 0.352 e. The van der Waals surface area contributed by atoms with Crippen LogP contribution >= 0.6 is 11.8 Å². The van der Waals surface area contributed by atoms with E-state index < -0.39 is 35.2 Å². The third kappa shape index (κ3) is 5.33. The topological polar surface area (TPSA) is 145 Å². The number of nitrogens with one attached hydrogen (secondary N) is 1. The van der Waals surface area contributed by atoms with Gasteiger partial charge < -0.3 is 29.1 Å². The van der Waals surface area contributed by atoms with Crippen molar-refractivity contribution in [3.05, 3.63) is 59.2 Å². The van der Waals surface area contributed by atoms with Gasteiger partial charge in [-0.1, -0.05) is 0 Å². The number of carbonyl (C=O) groups is 4. The summed E-state index contributed by atoms with van der Waals surface area (Å²) in [5, 5.41) is 11.6. The molecule has 0 saturated carbocycles. The summed E-state index contributed by atoms with van der Waals surface area (Å²) in [5.41, 5.74) is 0.0995. The summed E-state index contributed by atoms with van der Waals surface area (Å²) in [7, 11) is 0. The van der Waals surface area contributed by atoms with Gasteiger partial charge >= 0.3 is 11.9 Å². The van der Waals surface area contributed by atoms with Crippen LogP contribution in [-0.4, -0.2) is 64.1 Å². The number of amides is 2. The second-order valence-electron chi connectivity index (χ2n) is 7.86. The van der Waals surface area contributed by atoms with Crippen molar-refractivity contribution >= 4 is 35.5 Å². The van der Waals surface area contributed by atoms with E-state index in [0.29, 0.717) is 23.7 Å². The molecule has 0 spiro atoms. The average Bonchev–Trinajstić information content (AvgIpc) is 3.34. The molecule has 0 unspecified atom stereocenters. The van der Waals surface area contributed by atoms with Crippen molar-refractivity contribution in [2.24, 2.45) is 0 Å². The van der Waals surface area contributed by atoms with Crippen LogP contribution < -0.4 is 14.8 Å². The number of furan rings is 1. The Morgan fingerprint density at radius 2 is 1.81 bits per heavy atom. The summed E-state index contributed by atoms with van der Waals surface area (Å²) < 4.78 is 21.5. The number of esters is 1. The van der Waals surface area contributed by atoms with E-state index in [1.807, 2.05) is 6.92 Å². The molecule has 1 aromatic carbocycles. The fraction of sp³-hybridized carbons (Fsp3) is 0.333. The second kappa shape index (κ2) is 10.8. The molecule has 3 heterocycles. The van der Waals surface area contributed by atoms with E-state index in [2.05, 4.69) is 5.32 Å². The minimum absolute atomic E-state index is 0.00287. The third-order valence-corrected chi connectivity index (χ3v) is 6.73. The highest BCUT2D eigenvalue weighted by Crippen LogP contribution is 2.40. The van der Waals surface area contributed by atoms with Crippen molar-refractivity contribution < 1.29 is 42.9 Å². The fourth-order valence-electron chi connectivity index (χ4n) is 3.73. The lowest BCUT2D eigenvalue weighted by Crippen LogP contribution is -2.70. The molecule has 2 aliphatic heterocycles. The number of β-lactam (4-membered cyclic amide) rings is 1. The van der Waals surface area contributed by atoms with Crippen LogP contribution in [0.1, 0.15) is 30.2 Å². The number of fused-ring (bicyclic) bond motifs is 1. The van der Waals surface area contributed by atoms with E-state index >= 15 is 0 Å². The number of carboxylic acids is 1. The number of thioether (sulfide) groups is 1. The molecule has 0 bridgehead atoms. The molecule has 2 aromatic rings. The predicted molar refractivity (Wildman–Crippen MR) is 126 cm³/mol. The minimum Gasteiger partial charge on any atom is -0.494 e. The Bertz CT molecular complexity index is 1200. The number of rotatable bonds is 10. The highest BCUT2D eigenvalue weighted by molar-refractivity contribution is 8.00. The van der Waals surface area contributed by atoms with Crippen molar-refractivity contribution in [2.45, 2.75) is 31.9 Å². The Balaban J connectivity index is 1.35. The molecular weight excluding hydrogens is 492 g/mol. The standard InChI is InChI=1S/C24H24N2O9S/c1-3-32-15-4-6-16(7-5-15)34-11-17-8-9-18(35-17)21(28)25-19-22(29)26-20(24(30)31)14(10-33-13(2)27)12-36-23(19)26/h4-9,19,23H,3,10-12H2,1-2H3,(H,25,28)(H,30,31)/t19-,23+/m1/s1. The average molecular weight is 517 g/mol. The van der Waals surface area contributed by atoms with Crippen LogP contribution in [0.2, 0.25) is 0 Å². The first-order chi connectivity index (χ1) is 17.3. The van der Waals surface area contributed by atoms with Gasteiger partial charge in [0.2, 0.25) is 0 Å². The SMILES string of the molecule is CCOc1ccc(OCc2ccc(C(=O)N[C@@H]3C(=O)N4C(C(=O)O)=C(COC(C)=O)CS[C@@H]34)o2)cc1. The van der Waals surface area contributed by atoms with Gasteiger partial charge in [-0.15, -0.1) is 11.8 Å². The first kappa shape index (κ1) is 25.2. The van der Waals surface area contributed by atoms with Crippen LogP contribution in [-0.2, 0) is 25.7 Å². The number of benzene rings is 1. The fourth-order valence-corrected chi connectivity index (χ4v) is 5.05. The molecule has 0 aliphatic carbocycles. The van der Waals surface area contributed by atoms with E-state index in [-0.39, 0.29) is 30.4 Å². The summed E-state index contributed by atoms with van der Waals surface area (Å²) in [4.78, 5) is 49.4. The Morgan fingerprint density at radius 3 is 2.44 bits per heavy atom. The molecule has 190 valence electrons. The molecule has 1 saturated heterocycles. The summed E-state index contributed by atoms with van der Waals surface area (Å²) in [5.74, 6) is -1.05. The van der Waals surface area contributed by atoms with Gasteiger partial charge in [-0.05, 0) is 43.3 Å². The van der Waals surface area contributed by atoms with Crippen LogP contribution in [0.3, 0.4) is 0 Å². The van der Waals surface area contributed by atoms with Gasteiger partial charge in [0, 0.05) is 18.2 Å². The van der Waals surface area contributed by atoms with Crippen LogP contribution in [0.5, 0.6) is 11.5 Å². The maximum absolute atomic E-state index is 12.7. The molecule has 2 N–H and O–H groups in total. The third-order valence-electron chi connectivity index (χ3n) is 5.39. The number of nitrogens with zero attached hydrogens (tertiary/aromatic N) is 1. The largest absolute Gasteiger partial charge is 0.494 e. The van der Waals surface area contributed by atoms with Gasteiger partial charge in [0.05, 0.1) is 6.61 Å². The van der Waals surface area contributed by atoms with Gasteiger partial charge in [-0.25, -0.2) is 4.79 Å². The number of carbonyl (C=O) groups excluding carboxylic acids is 3. The molecule has 0 radical (unpaired) electrons. The first-order valence-electron chi connectivity index (χ1n) is 11.1. The maximum Gasteiger partial charge on any atom is 0.352 e. The molecule has 2 atom stereocenters. The van der Waals surface area contributed by atoms with Crippen molar-refractivity contribution in [1.82, 2.24) is 10.2 Å². The van der Waals surface area contributed by atoms with Crippen molar-refractivity contribution in [3.8, 4) is 11.5 Å². The van der Waals surface area contributed by atoms with Gasteiger partial charge in [0.1, 0.15) is 47.6 Å². The molecule has 11 nitrogen and oxygen atoms in total. The number of hydrogen-bond acceptors (Lipinski definition) is 9. The first-order valence-corrected chi connectivity index (χ1v) is 12.1. The molecule has 12 heteroatoms. The van der Waals surface area contributed by atoms with Crippen LogP contribution in [0.4, 0.5) is 0 Å². The van der Waals surface area contributed by atoms with Gasteiger partial charge in [0.15, 0.2) is 5.76 Å². The highest BCUT2D eigenvalue weighted by Gasteiger charge is 2.54. The van der Waals surface area contributed by atoms with Gasteiger partial charge in [0.25, 0.3) is 11.8 Å². The van der Waals surface area contributed by atoms with Crippen LogP contribution in [0.15, 0.2) is 52.1 Å². The molecule has 1 fully saturated rings. The Morgan fingerprint density at radius 1 is 1.11 bits per heavy atom. The lowest BCUT2D eigenvalue weighted by molar-refractivity contribution is -0.149. The van der Waals surface area contributed by atoms with Gasteiger partial charge in [-0.3, -0.25) is 19.3 Å². The van der Waals surface area contributed by atoms with Crippen molar-refractivity contribution in [2.75, 3.05) is 19.0 Å². The molecule has 36 heavy (non-hydrogen) atoms. The highest BCUT2D eigenvalue weighted by atomic mass is 32.2. The van der Waals surface area contributed by atoms with Crippen LogP contribution in [0.25, 0.3) is 0 Å². The maximum atomic E-state index is 12.7. The van der Waals surface area contributed by atoms with Crippen LogP contribution in [0, 0.1) is 0 Å². The molecule has 4 rings (SSSR count). The zero-order valence-corrected chi connectivity index (χ0v) is 20.3. The lowest BCUT2D eigenvalue weighted by Gasteiger charge is -2.49. The molecular formula is C24H24N2O9S. The zero-order valence-electron chi connectivity index (χ0n) is 19.5. The van der Waals surface area contributed by atoms with E-state index in [9.17, 15) is 24.3 Å². The Hall–Kier alpha value is -3.93. The molecule has 2 aliphatic rings. The zero-order chi connectivity index (χ0) is 25.8. The normalized spacial score (nSPS) is 18.7. The lowest BCUT2D eigenvalue weighted by atomic mass is 10.0. The Kier molecular flexibility index (Phi) is 7.53. The summed E-state index contributed by atoms with van der Waals surface area (Å²) in [6.07, 6.45) is 0. The van der Waals surface area contributed by atoms with Gasteiger partial charge in [-0.2, -0.15) is 0 Å². The number of aliphatic carboxylic acids is 1. The number of carboxylic acid groups (broad SMARTS) is 1. The van der Waals surface area contributed by atoms with Crippen molar-refractivity contribution in [1.29, 1.82) is 0 Å². The summed E-state index contributed by atoms with van der Waals surface area (Å²) in [6, 6.07) is 9.24. The monoisotopic (exact) mass is 516 g/mol. The Labute approximate surface area is 210 Å². The van der Waals surface area contributed by atoms with E-state index in [4.69, 9.17) is 18.6 Å². The van der Waals surface area contributed by atoms with E-state index in [0.717, 1.165) is 10.6 Å². The minimum atomic E-state index is -1.30. The molecule has 2 amide bonds. The van der Waals surface area contributed by atoms with E-state index in [1.54, 1.807) is 30.3 Å². The van der Waals surface area contributed by atoms with E-state index in [1.165, 1.54) is 24.8 Å². The predicted octanol–water partition coefficient (Wildman–Crippen LogP) is 2.17. The van der Waals surface area contributed by atoms with Crippen molar-refractivity contribution in [3.63, 3.8) is 0 Å². The summed E-state index contributed by atoms with van der Waals surface area (Å²) in [6.45, 7) is 3.55.